The maximum absolute atomic E-state index is 13.8. The highest BCUT2D eigenvalue weighted by atomic mass is 19.1. The number of nitriles is 1. The second-order valence-corrected chi connectivity index (χ2v) is 6.18. The molecule has 1 N–H and O–H groups in total. The zero-order valence-corrected chi connectivity index (χ0v) is 15.6. The van der Waals surface area contributed by atoms with Crippen LogP contribution in [0, 0.1) is 17.1 Å². The van der Waals surface area contributed by atoms with Gasteiger partial charge in [-0.3, -0.25) is 9.63 Å². The number of carbonyl (C=O) groups excluding carboxylic acids is 1. The smallest absolute Gasteiger partial charge is 0.257 e. The van der Waals surface area contributed by atoms with E-state index in [1.54, 1.807) is 12.3 Å². The Balaban J connectivity index is 1.81. The molecule has 3 aromatic rings. The Bertz CT molecular complexity index is 1140. The standard InChI is InChI=1S/C18H16FN7O3/c1-21-17(27)15-12(8-20)24-25-5-3-14(23-16(15)25)26-13(4-6-29-26)11-7-10(19)9-22-18(11)28-2/h3,5,7,9,13H,4,6H2,1-2H3,(H,21,27)/t13-/m1/s1. The Morgan fingerprint density at radius 2 is 2.34 bits per heavy atom. The summed E-state index contributed by atoms with van der Waals surface area (Å²) in [4.78, 5) is 26.4. The van der Waals surface area contributed by atoms with Crippen LogP contribution in [0.5, 0.6) is 5.88 Å². The summed E-state index contributed by atoms with van der Waals surface area (Å²) in [5.41, 5.74) is 0.753. The van der Waals surface area contributed by atoms with Crippen LogP contribution in [0.25, 0.3) is 5.65 Å². The van der Waals surface area contributed by atoms with E-state index < -0.39 is 17.8 Å². The summed E-state index contributed by atoms with van der Waals surface area (Å²) < 4.78 is 20.4. The van der Waals surface area contributed by atoms with E-state index in [2.05, 4.69) is 20.4 Å². The molecule has 0 aliphatic carbocycles. The minimum Gasteiger partial charge on any atom is -0.481 e. The van der Waals surface area contributed by atoms with Gasteiger partial charge in [0.25, 0.3) is 5.91 Å². The van der Waals surface area contributed by atoms with Gasteiger partial charge in [0.15, 0.2) is 17.2 Å². The van der Waals surface area contributed by atoms with Crippen molar-refractivity contribution in [2.24, 2.45) is 0 Å². The van der Waals surface area contributed by atoms with Crippen LogP contribution >= 0.6 is 0 Å². The molecule has 0 saturated carbocycles. The summed E-state index contributed by atoms with van der Waals surface area (Å²) in [6, 6.07) is 4.48. The topological polar surface area (TPSA) is 118 Å². The predicted octanol–water partition coefficient (Wildman–Crippen LogP) is 1.39. The summed E-state index contributed by atoms with van der Waals surface area (Å²) >= 11 is 0. The van der Waals surface area contributed by atoms with Gasteiger partial charge < -0.3 is 10.1 Å². The van der Waals surface area contributed by atoms with Crippen molar-refractivity contribution in [2.45, 2.75) is 12.5 Å². The molecule has 4 rings (SSSR count). The molecule has 1 fully saturated rings. The fraction of sp³-hybridized carbons (Fsp3) is 0.278. The minimum absolute atomic E-state index is 0.0381. The molecular formula is C18H16FN7O3. The number of aromatic nitrogens is 4. The van der Waals surface area contributed by atoms with E-state index in [1.165, 1.54) is 29.8 Å². The van der Waals surface area contributed by atoms with E-state index in [9.17, 15) is 14.4 Å². The molecule has 1 aliphatic heterocycles. The molecule has 1 aliphatic rings. The molecule has 0 aromatic carbocycles. The number of rotatable bonds is 4. The second-order valence-electron chi connectivity index (χ2n) is 6.18. The van der Waals surface area contributed by atoms with Gasteiger partial charge in [-0.1, -0.05) is 0 Å². The Morgan fingerprint density at radius 1 is 1.52 bits per heavy atom. The van der Waals surface area contributed by atoms with Crippen molar-refractivity contribution < 1.29 is 18.8 Å². The number of hydrogen-bond acceptors (Lipinski definition) is 8. The molecule has 148 valence electrons. The molecule has 0 bridgehead atoms. The lowest BCUT2D eigenvalue weighted by Gasteiger charge is -2.24. The van der Waals surface area contributed by atoms with Crippen molar-refractivity contribution in [1.29, 1.82) is 5.26 Å². The lowest BCUT2D eigenvalue weighted by molar-refractivity contribution is 0.0964. The summed E-state index contributed by atoms with van der Waals surface area (Å²) in [7, 11) is 2.92. The lowest BCUT2D eigenvalue weighted by atomic mass is 10.1. The van der Waals surface area contributed by atoms with Gasteiger partial charge in [0.1, 0.15) is 17.4 Å². The SMILES string of the molecule is CNC(=O)c1c(C#N)nn2ccc(N3OCC[C@@H]3c3cc(F)cnc3OC)nc12. The maximum atomic E-state index is 13.8. The zero-order chi connectivity index (χ0) is 20.5. The number of hydroxylamine groups is 1. The van der Waals surface area contributed by atoms with Crippen molar-refractivity contribution in [3.8, 4) is 11.9 Å². The van der Waals surface area contributed by atoms with Gasteiger partial charge in [-0.25, -0.2) is 23.9 Å². The highest BCUT2D eigenvalue weighted by Crippen LogP contribution is 2.37. The lowest BCUT2D eigenvalue weighted by Crippen LogP contribution is -2.24. The Hall–Kier alpha value is -3.78. The third kappa shape index (κ3) is 3.09. The van der Waals surface area contributed by atoms with Crippen LogP contribution in [0.2, 0.25) is 0 Å². The average molecular weight is 397 g/mol. The molecule has 0 radical (unpaired) electrons. The van der Waals surface area contributed by atoms with Crippen LogP contribution in [-0.4, -0.2) is 46.3 Å². The quantitative estimate of drug-likeness (QED) is 0.702. The number of nitrogens with zero attached hydrogens (tertiary/aromatic N) is 6. The van der Waals surface area contributed by atoms with E-state index in [4.69, 9.17) is 9.57 Å². The third-order valence-electron chi connectivity index (χ3n) is 4.56. The van der Waals surface area contributed by atoms with E-state index in [1.807, 2.05) is 6.07 Å². The Kier molecular flexibility index (Phi) is 4.69. The van der Waals surface area contributed by atoms with Gasteiger partial charge in [0.05, 0.1) is 26.0 Å². The fourth-order valence-corrected chi connectivity index (χ4v) is 3.28. The normalized spacial score (nSPS) is 16.1. The first kappa shape index (κ1) is 18.6. The first-order chi connectivity index (χ1) is 14.1. The van der Waals surface area contributed by atoms with Crippen LogP contribution < -0.4 is 15.1 Å². The number of anilines is 1. The summed E-state index contributed by atoms with van der Waals surface area (Å²) in [5.74, 6) is -0.306. The first-order valence-electron chi connectivity index (χ1n) is 8.70. The van der Waals surface area contributed by atoms with E-state index in [-0.39, 0.29) is 22.8 Å². The van der Waals surface area contributed by atoms with Crippen molar-refractivity contribution in [2.75, 3.05) is 25.8 Å². The van der Waals surface area contributed by atoms with Crippen LogP contribution in [0.15, 0.2) is 24.5 Å². The predicted molar refractivity (Wildman–Crippen MR) is 97.6 cm³/mol. The summed E-state index contributed by atoms with van der Waals surface area (Å²) in [6.07, 6.45) is 3.21. The molecule has 10 nitrogen and oxygen atoms in total. The molecule has 1 atom stereocenters. The molecule has 29 heavy (non-hydrogen) atoms. The van der Waals surface area contributed by atoms with Gasteiger partial charge in [-0.15, -0.1) is 0 Å². The molecular weight excluding hydrogens is 381 g/mol. The average Bonchev–Trinajstić information content (AvgIpc) is 3.37. The van der Waals surface area contributed by atoms with Crippen LogP contribution in [0.3, 0.4) is 0 Å². The van der Waals surface area contributed by atoms with E-state index in [0.29, 0.717) is 24.4 Å². The molecule has 4 heterocycles. The van der Waals surface area contributed by atoms with Gasteiger partial charge in [-0.2, -0.15) is 10.4 Å². The number of carbonyl (C=O) groups is 1. The number of pyridine rings is 1. The fourth-order valence-electron chi connectivity index (χ4n) is 3.28. The molecule has 0 unspecified atom stereocenters. The maximum Gasteiger partial charge on any atom is 0.257 e. The molecule has 0 spiro atoms. The Morgan fingerprint density at radius 3 is 3.07 bits per heavy atom. The highest BCUT2D eigenvalue weighted by Gasteiger charge is 2.33. The third-order valence-corrected chi connectivity index (χ3v) is 4.56. The van der Waals surface area contributed by atoms with Crippen LogP contribution in [-0.2, 0) is 4.84 Å². The van der Waals surface area contributed by atoms with E-state index in [0.717, 1.165) is 6.20 Å². The van der Waals surface area contributed by atoms with Crippen LogP contribution in [0.4, 0.5) is 10.2 Å². The van der Waals surface area contributed by atoms with Crippen molar-refractivity contribution in [3.05, 3.63) is 47.2 Å². The minimum atomic E-state index is -0.493. The van der Waals surface area contributed by atoms with Gasteiger partial charge in [-0.05, 0) is 6.07 Å². The van der Waals surface area contributed by atoms with Crippen LogP contribution in [0.1, 0.15) is 34.1 Å². The monoisotopic (exact) mass is 397 g/mol. The number of nitrogens with one attached hydrogen (secondary N) is 1. The van der Waals surface area contributed by atoms with Gasteiger partial charge in [0.2, 0.25) is 5.88 Å². The summed E-state index contributed by atoms with van der Waals surface area (Å²) in [5, 5.41) is 17.4. The number of fused-ring (bicyclic) bond motifs is 1. The molecule has 1 saturated heterocycles. The summed E-state index contributed by atoms with van der Waals surface area (Å²) in [6.45, 7) is 0.377. The number of hydrogen-bond donors (Lipinski definition) is 1. The van der Waals surface area contributed by atoms with Gasteiger partial charge in [0, 0.05) is 31.3 Å². The van der Waals surface area contributed by atoms with Crippen molar-refractivity contribution >= 4 is 17.4 Å². The van der Waals surface area contributed by atoms with Crippen molar-refractivity contribution in [3.63, 3.8) is 0 Å². The van der Waals surface area contributed by atoms with E-state index >= 15 is 0 Å². The molecule has 1 amide bonds. The highest BCUT2D eigenvalue weighted by molar-refractivity contribution is 6.01. The molecule has 11 heteroatoms. The number of methoxy groups -OCH3 is 1. The second kappa shape index (κ2) is 7.33. The first-order valence-corrected chi connectivity index (χ1v) is 8.70. The van der Waals surface area contributed by atoms with Crippen molar-refractivity contribution in [1.82, 2.24) is 24.9 Å². The number of halogens is 1. The molecule has 3 aromatic heterocycles. The largest absolute Gasteiger partial charge is 0.481 e. The zero-order valence-electron chi connectivity index (χ0n) is 15.6. The number of ether oxygens (including phenoxy) is 1. The van der Waals surface area contributed by atoms with Gasteiger partial charge >= 0.3 is 0 Å². The Labute approximate surface area is 164 Å². The number of amides is 1.